The number of likely N-dealkylation sites (tertiary alicyclic amines) is 2. The Morgan fingerprint density at radius 1 is 1.19 bits per heavy atom. The summed E-state index contributed by atoms with van der Waals surface area (Å²) in [4.78, 5) is 24.3. The molecule has 0 unspecified atom stereocenters. The second kappa shape index (κ2) is 10.7. The second-order valence-corrected chi connectivity index (χ2v) is 10.4. The highest BCUT2D eigenvalue weighted by molar-refractivity contribution is 5.76. The molecule has 204 valence electrons. The van der Waals surface area contributed by atoms with E-state index in [1.54, 1.807) is 4.90 Å². The highest BCUT2D eigenvalue weighted by Gasteiger charge is 2.39. The molecule has 0 aromatic carbocycles. The molecule has 2 fully saturated rings. The van der Waals surface area contributed by atoms with Crippen molar-refractivity contribution >= 4 is 23.5 Å². The van der Waals surface area contributed by atoms with Crippen LogP contribution in [0.15, 0.2) is 12.4 Å². The van der Waals surface area contributed by atoms with Crippen molar-refractivity contribution in [2.45, 2.75) is 64.2 Å². The van der Waals surface area contributed by atoms with Crippen molar-refractivity contribution in [2.75, 3.05) is 50.4 Å². The molecular weight excluding hydrogens is 487 g/mol. The molecule has 0 aliphatic carbocycles. The van der Waals surface area contributed by atoms with Crippen molar-refractivity contribution in [3.8, 4) is 0 Å². The summed E-state index contributed by atoms with van der Waals surface area (Å²) in [6, 6.07) is 0.126. The van der Waals surface area contributed by atoms with E-state index in [1.165, 1.54) is 0 Å². The van der Waals surface area contributed by atoms with Crippen LogP contribution in [-0.4, -0.2) is 80.9 Å². The fraction of sp³-hybridized carbons (Fsp3) is 0.667. The van der Waals surface area contributed by atoms with E-state index in [0.29, 0.717) is 25.2 Å². The molecule has 0 spiro atoms. The molecule has 2 saturated heterocycles. The largest absolute Gasteiger partial charge is 0.421 e. The van der Waals surface area contributed by atoms with Crippen molar-refractivity contribution in [3.05, 3.63) is 23.7 Å². The van der Waals surface area contributed by atoms with Crippen LogP contribution >= 0.6 is 0 Å². The molecule has 2 aliphatic rings. The summed E-state index contributed by atoms with van der Waals surface area (Å²) in [7, 11) is 2.09. The molecule has 0 bridgehead atoms. The Kier molecular flexibility index (Phi) is 7.81. The summed E-state index contributed by atoms with van der Waals surface area (Å²) >= 11 is 0. The number of alkyl halides is 3. The van der Waals surface area contributed by atoms with E-state index in [9.17, 15) is 18.0 Å². The number of aromatic nitrogens is 4. The minimum atomic E-state index is -4.60. The number of amides is 2. The number of piperidine rings is 1. The van der Waals surface area contributed by atoms with Crippen molar-refractivity contribution in [3.63, 3.8) is 0 Å². The van der Waals surface area contributed by atoms with E-state index < -0.39 is 11.7 Å². The lowest BCUT2D eigenvalue weighted by atomic mass is 9.89. The van der Waals surface area contributed by atoms with E-state index in [0.717, 1.165) is 44.2 Å². The Labute approximate surface area is 215 Å². The number of hydrogen-bond donors (Lipinski definition) is 3. The number of nitrogens with one attached hydrogen (secondary N) is 3. The Bertz CT molecular complexity index is 1090. The molecule has 10 nitrogen and oxygen atoms in total. The zero-order chi connectivity index (χ0) is 26.8. The normalized spacial score (nSPS) is 18.4. The Balaban J connectivity index is 1.37. The molecule has 4 heterocycles. The predicted octanol–water partition coefficient (Wildman–Crippen LogP) is 4.01. The second-order valence-electron chi connectivity index (χ2n) is 10.4. The lowest BCUT2D eigenvalue weighted by molar-refractivity contribution is -0.137. The molecule has 0 atom stereocenters. The fourth-order valence-corrected chi connectivity index (χ4v) is 4.59. The molecule has 37 heavy (non-hydrogen) atoms. The van der Waals surface area contributed by atoms with Crippen LogP contribution in [0.25, 0.3) is 0 Å². The van der Waals surface area contributed by atoms with Gasteiger partial charge in [0.2, 0.25) is 5.95 Å². The molecule has 3 N–H and O–H groups in total. The molecular formula is C24H36F3N9O. The predicted molar refractivity (Wildman–Crippen MR) is 135 cm³/mol. The van der Waals surface area contributed by atoms with Gasteiger partial charge in [0.1, 0.15) is 11.4 Å². The highest BCUT2D eigenvalue weighted by Crippen LogP contribution is 2.34. The number of carbonyl (C=O) groups excluding carboxylic acids is 1. The first-order valence-electron chi connectivity index (χ1n) is 12.7. The summed E-state index contributed by atoms with van der Waals surface area (Å²) < 4.78 is 42.6. The van der Waals surface area contributed by atoms with Gasteiger partial charge in [-0.3, -0.25) is 4.68 Å². The number of halogens is 3. The van der Waals surface area contributed by atoms with E-state index in [1.807, 2.05) is 31.6 Å². The Hall–Kier alpha value is -3.09. The first-order chi connectivity index (χ1) is 17.4. The SMILES string of the molecule is Cc1nn(C2CCN(C)CC2)cc1Nc1ncc(C(F)(F)F)c(NCCCNC(=O)N2CCC2(C)C)n1. The van der Waals surface area contributed by atoms with Crippen LogP contribution in [0, 0.1) is 6.92 Å². The number of urea groups is 1. The summed E-state index contributed by atoms with van der Waals surface area (Å²) in [6.45, 7) is 9.07. The smallest absolute Gasteiger partial charge is 0.369 e. The molecule has 2 amide bonds. The van der Waals surface area contributed by atoms with Gasteiger partial charge in [-0.25, -0.2) is 9.78 Å². The van der Waals surface area contributed by atoms with E-state index >= 15 is 0 Å². The van der Waals surface area contributed by atoms with Crippen molar-refractivity contribution in [1.82, 2.24) is 34.9 Å². The van der Waals surface area contributed by atoms with Crippen molar-refractivity contribution in [1.29, 1.82) is 0 Å². The van der Waals surface area contributed by atoms with Crippen molar-refractivity contribution in [2.24, 2.45) is 0 Å². The Morgan fingerprint density at radius 2 is 1.92 bits per heavy atom. The summed E-state index contributed by atoms with van der Waals surface area (Å²) in [5.41, 5.74) is 0.276. The molecule has 0 radical (unpaired) electrons. The van der Waals surface area contributed by atoms with Gasteiger partial charge in [-0.2, -0.15) is 23.3 Å². The number of hydrogen-bond acceptors (Lipinski definition) is 7. The third-order valence-electron chi connectivity index (χ3n) is 7.16. The maximum absolute atomic E-state index is 13.6. The first-order valence-corrected chi connectivity index (χ1v) is 12.7. The average molecular weight is 524 g/mol. The number of anilines is 3. The van der Waals surface area contributed by atoms with Gasteiger partial charge < -0.3 is 25.8 Å². The van der Waals surface area contributed by atoms with Crippen molar-refractivity contribution < 1.29 is 18.0 Å². The molecule has 2 aromatic rings. The zero-order valence-electron chi connectivity index (χ0n) is 21.8. The number of aryl methyl sites for hydroxylation is 1. The van der Waals surface area contributed by atoms with Crippen LogP contribution in [0.4, 0.5) is 35.4 Å². The van der Waals surface area contributed by atoms with Gasteiger partial charge in [-0.15, -0.1) is 0 Å². The molecule has 4 rings (SSSR count). The molecule has 13 heteroatoms. The summed E-state index contributed by atoms with van der Waals surface area (Å²) in [5.74, 6) is -0.254. The minimum Gasteiger partial charge on any atom is -0.369 e. The van der Waals surface area contributed by atoms with Gasteiger partial charge in [0.15, 0.2) is 0 Å². The van der Waals surface area contributed by atoms with Crippen LogP contribution in [0.2, 0.25) is 0 Å². The summed E-state index contributed by atoms with van der Waals surface area (Å²) in [5, 5.41) is 13.2. The third kappa shape index (κ3) is 6.43. The summed E-state index contributed by atoms with van der Waals surface area (Å²) in [6.07, 6.45) is 1.39. The Morgan fingerprint density at radius 3 is 2.54 bits per heavy atom. The van der Waals surface area contributed by atoms with Gasteiger partial charge in [0, 0.05) is 37.6 Å². The minimum absolute atomic E-state index is 0.0508. The van der Waals surface area contributed by atoms with E-state index in [2.05, 4.69) is 43.0 Å². The molecule has 2 aliphatic heterocycles. The average Bonchev–Trinajstić information content (AvgIpc) is 3.18. The van der Waals surface area contributed by atoms with E-state index in [-0.39, 0.29) is 35.9 Å². The molecule has 2 aromatic heterocycles. The van der Waals surface area contributed by atoms with E-state index in [4.69, 9.17) is 0 Å². The van der Waals surface area contributed by atoms with Gasteiger partial charge in [0.25, 0.3) is 0 Å². The van der Waals surface area contributed by atoms with Gasteiger partial charge in [-0.05, 0) is 66.6 Å². The monoisotopic (exact) mass is 523 g/mol. The highest BCUT2D eigenvalue weighted by atomic mass is 19.4. The van der Waals surface area contributed by atoms with Gasteiger partial charge in [0.05, 0.1) is 17.4 Å². The lowest BCUT2D eigenvalue weighted by Gasteiger charge is -2.48. The van der Waals surface area contributed by atoms with Gasteiger partial charge >= 0.3 is 12.2 Å². The zero-order valence-corrected chi connectivity index (χ0v) is 21.8. The quantitative estimate of drug-likeness (QED) is 0.450. The molecule has 0 saturated carbocycles. The van der Waals surface area contributed by atoms with Crippen LogP contribution in [0.5, 0.6) is 0 Å². The van der Waals surface area contributed by atoms with Crippen LogP contribution in [0.1, 0.15) is 56.8 Å². The number of nitrogens with zero attached hydrogens (tertiary/aromatic N) is 6. The van der Waals surface area contributed by atoms with Gasteiger partial charge in [-0.1, -0.05) is 0 Å². The topological polar surface area (TPSA) is 103 Å². The number of rotatable bonds is 8. The lowest BCUT2D eigenvalue weighted by Crippen LogP contribution is -2.61. The third-order valence-corrected chi connectivity index (χ3v) is 7.16. The van der Waals surface area contributed by atoms with Crippen LogP contribution in [-0.2, 0) is 6.18 Å². The van der Waals surface area contributed by atoms with Crippen LogP contribution < -0.4 is 16.0 Å². The number of carbonyl (C=O) groups is 1. The maximum Gasteiger partial charge on any atom is 0.421 e. The first kappa shape index (κ1) is 27.0. The fourth-order valence-electron chi connectivity index (χ4n) is 4.59. The van der Waals surface area contributed by atoms with Crippen LogP contribution in [0.3, 0.4) is 0 Å². The maximum atomic E-state index is 13.6. The standard InChI is InChI=1S/C24H36F3N9O/c1-16-19(15-36(33-16)17-6-11-34(4)12-7-17)31-21-30-14-18(24(25,26)27)20(32-21)28-9-5-10-29-22(37)35-13-8-23(35,2)3/h14-15,17H,5-13H2,1-4H3,(H,29,37)(H2,28,30,31,32).